The Morgan fingerprint density at radius 2 is 1.37 bits per heavy atom. The van der Waals surface area contributed by atoms with Gasteiger partial charge in [0.05, 0.1) is 5.56 Å². The smallest absolute Gasteiger partial charge is 0.294 e. The number of rotatable bonds is 4. The minimum atomic E-state index is -4.36. The fourth-order valence-corrected chi connectivity index (χ4v) is 2.39. The van der Waals surface area contributed by atoms with Crippen molar-refractivity contribution in [2.75, 3.05) is 0 Å². The highest BCUT2D eigenvalue weighted by Gasteiger charge is 2.31. The van der Waals surface area contributed by atoms with E-state index in [1.807, 2.05) is 27.7 Å². The molecule has 0 spiro atoms. The lowest BCUT2D eigenvalue weighted by Crippen LogP contribution is -2.25. The molecule has 0 aliphatic heterocycles. The van der Waals surface area contributed by atoms with Crippen LogP contribution in [0, 0.1) is 17.8 Å². The van der Waals surface area contributed by atoms with Gasteiger partial charge in [0.2, 0.25) is 0 Å². The standard InChI is InChI=1S/C15H19F3O/c1-9(2)13(10(3)4)14(19)11-5-7-12(8-6-11)15(16,17)18/h5-10,13H,1-4H3. The van der Waals surface area contributed by atoms with Crippen molar-refractivity contribution in [1.29, 1.82) is 0 Å². The SMILES string of the molecule is CC(C)C(C(=O)c1ccc(C(F)(F)F)cc1)C(C)C. The third-order valence-electron chi connectivity index (χ3n) is 3.24. The summed E-state index contributed by atoms with van der Waals surface area (Å²) < 4.78 is 37.4. The fourth-order valence-electron chi connectivity index (χ4n) is 2.39. The molecule has 106 valence electrons. The van der Waals surface area contributed by atoms with Gasteiger partial charge >= 0.3 is 6.18 Å². The minimum absolute atomic E-state index is 0.0845. The maximum Gasteiger partial charge on any atom is 0.416 e. The van der Waals surface area contributed by atoms with Crippen LogP contribution in [-0.4, -0.2) is 5.78 Å². The molecular formula is C15H19F3O. The number of hydrogen-bond donors (Lipinski definition) is 0. The van der Waals surface area contributed by atoms with E-state index in [2.05, 4.69) is 0 Å². The van der Waals surface area contributed by atoms with Crippen LogP contribution in [0.25, 0.3) is 0 Å². The Morgan fingerprint density at radius 3 is 1.68 bits per heavy atom. The summed E-state index contributed by atoms with van der Waals surface area (Å²) in [6.07, 6.45) is -4.36. The minimum Gasteiger partial charge on any atom is -0.294 e. The second kappa shape index (κ2) is 5.76. The van der Waals surface area contributed by atoms with E-state index in [9.17, 15) is 18.0 Å². The van der Waals surface area contributed by atoms with Gasteiger partial charge in [0.1, 0.15) is 0 Å². The van der Waals surface area contributed by atoms with Crippen molar-refractivity contribution in [2.45, 2.75) is 33.9 Å². The first-order valence-electron chi connectivity index (χ1n) is 6.36. The average molecular weight is 272 g/mol. The van der Waals surface area contributed by atoms with Gasteiger partial charge in [-0.15, -0.1) is 0 Å². The molecule has 0 aromatic heterocycles. The molecule has 0 bridgehead atoms. The molecule has 0 aliphatic rings. The number of hydrogen-bond acceptors (Lipinski definition) is 1. The maximum absolute atomic E-state index is 12.5. The summed E-state index contributed by atoms with van der Waals surface area (Å²) in [6.45, 7) is 7.80. The van der Waals surface area contributed by atoms with E-state index in [-0.39, 0.29) is 23.5 Å². The van der Waals surface area contributed by atoms with Gasteiger partial charge in [-0.3, -0.25) is 4.79 Å². The summed E-state index contributed by atoms with van der Waals surface area (Å²) in [4.78, 5) is 12.3. The topological polar surface area (TPSA) is 17.1 Å². The first kappa shape index (κ1) is 15.7. The highest BCUT2D eigenvalue weighted by molar-refractivity contribution is 5.98. The molecule has 19 heavy (non-hydrogen) atoms. The molecule has 0 unspecified atom stereocenters. The fraction of sp³-hybridized carbons (Fsp3) is 0.533. The molecule has 0 heterocycles. The summed E-state index contributed by atoms with van der Waals surface area (Å²) in [5.41, 5.74) is -0.380. The Bertz CT molecular complexity index is 422. The number of carbonyl (C=O) groups excluding carboxylic acids is 1. The molecular weight excluding hydrogens is 253 g/mol. The molecule has 0 amide bonds. The monoisotopic (exact) mass is 272 g/mol. The number of benzene rings is 1. The molecule has 1 aromatic carbocycles. The van der Waals surface area contributed by atoms with Gasteiger partial charge in [0.15, 0.2) is 5.78 Å². The molecule has 0 N–H and O–H groups in total. The van der Waals surface area contributed by atoms with Gasteiger partial charge in [0, 0.05) is 11.5 Å². The molecule has 0 radical (unpaired) electrons. The number of Topliss-reactive ketones (excluding diaryl/α,β-unsaturated/α-hetero) is 1. The highest BCUT2D eigenvalue weighted by Crippen LogP contribution is 2.30. The molecule has 1 nitrogen and oxygen atoms in total. The largest absolute Gasteiger partial charge is 0.416 e. The zero-order valence-corrected chi connectivity index (χ0v) is 11.6. The van der Waals surface area contributed by atoms with E-state index < -0.39 is 11.7 Å². The third-order valence-corrected chi connectivity index (χ3v) is 3.24. The van der Waals surface area contributed by atoms with E-state index in [0.29, 0.717) is 5.56 Å². The summed E-state index contributed by atoms with van der Waals surface area (Å²) in [5, 5.41) is 0. The van der Waals surface area contributed by atoms with Gasteiger partial charge in [-0.25, -0.2) is 0 Å². The second-order valence-electron chi connectivity index (χ2n) is 5.45. The van der Waals surface area contributed by atoms with E-state index in [1.165, 1.54) is 12.1 Å². The van der Waals surface area contributed by atoms with Crippen LogP contribution in [0.4, 0.5) is 13.2 Å². The Morgan fingerprint density at radius 1 is 0.947 bits per heavy atom. The summed E-state index contributed by atoms with van der Waals surface area (Å²) in [7, 11) is 0. The van der Waals surface area contributed by atoms with Crippen LogP contribution >= 0.6 is 0 Å². The molecule has 1 rings (SSSR count). The Hall–Kier alpha value is -1.32. The van der Waals surface area contributed by atoms with E-state index >= 15 is 0 Å². The Kier molecular flexibility index (Phi) is 4.77. The van der Waals surface area contributed by atoms with Crippen LogP contribution < -0.4 is 0 Å². The van der Waals surface area contributed by atoms with Crippen LogP contribution in [0.15, 0.2) is 24.3 Å². The lowest BCUT2D eigenvalue weighted by atomic mass is 9.80. The van der Waals surface area contributed by atoms with Gasteiger partial charge in [-0.1, -0.05) is 39.8 Å². The van der Waals surface area contributed by atoms with Crippen LogP contribution in [0.3, 0.4) is 0 Å². The van der Waals surface area contributed by atoms with E-state index in [4.69, 9.17) is 0 Å². The lowest BCUT2D eigenvalue weighted by Gasteiger charge is -2.23. The zero-order valence-electron chi connectivity index (χ0n) is 11.6. The van der Waals surface area contributed by atoms with E-state index in [0.717, 1.165) is 12.1 Å². The first-order chi connectivity index (χ1) is 8.64. The van der Waals surface area contributed by atoms with Crippen molar-refractivity contribution < 1.29 is 18.0 Å². The van der Waals surface area contributed by atoms with Crippen molar-refractivity contribution in [3.8, 4) is 0 Å². The van der Waals surface area contributed by atoms with Gasteiger partial charge in [-0.2, -0.15) is 13.2 Å². The Labute approximate surface area is 111 Å². The second-order valence-corrected chi connectivity index (χ2v) is 5.45. The molecule has 0 saturated carbocycles. The average Bonchev–Trinajstić information content (AvgIpc) is 2.27. The van der Waals surface area contributed by atoms with Crippen molar-refractivity contribution in [3.05, 3.63) is 35.4 Å². The highest BCUT2D eigenvalue weighted by atomic mass is 19.4. The maximum atomic E-state index is 12.5. The molecule has 0 aliphatic carbocycles. The quantitative estimate of drug-likeness (QED) is 0.718. The predicted octanol–water partition coefficient (Wildman–Crippen LogP) is 4.82. The summed E-state index contributed by atoms with van der Waals surface area (Å²) in [5.74, 6) is 0.0695. The molecule has 0 fully saturated rings. The lowest BCUT2D eigenvalue weighted by molar-refractivity contribution is -0.137. The first-order valence-corrected chi connectivity index (χ1v) is 6.36. The molecule has 4 heteroatoms. The summed E-state index contributed by atoms with van der Waals surface area (Å²) in [6, 6.07) is 4.46. The van der Waals surface area contributed by atoms with Crippen LogP contribution in [0.1, 0.15) is 43.6 Å². The summed E-state index contributed by atoms with van der Waals surface area (Å²) >= 11 is 0. The molecule has 0 atom stereocenters. The number of halogens is 3. The van der Waals surface area contributed by atoms with Crippen LogP contribution in [0.5, 0.6) is 0 Å². The molecule has 1 aromatic rings. The van der Waals surface area contributed by atoms with Gasteiger partial charge in [0.25, 0.3) is 0 Å². The van der Waals surface area contributed by atoms with Crippen molar-refractivity contribution in [3.63, 3.8) is 0 Å². The molecule has 0 saturated heterocycles. The third kappa shape index (κ3) is 3.82. The van der Waals surface area contributed by atoms with Crippen molar-refractivity contribution >= 4 is 5.78 Å². The number of alkyl halides is 3. The van der Waals surface area contributed by atoms with Crippen molar-refractivity contribution in [1.82, 2.24) is 0 Å². The zero-order chi connectivity index (χ0) is 14.8. The Balaban J connectivity index is 3.01. The van der Waals surface area contributed by atoms with Gasteiger partial charge < -0.3 is 0 Å². The normalized spacial score (nSPS) is 12.5. The van der Waals surface area contributed by atoms with Crippen LogP contribution in [0.2, 0.25) is 0 Å². The van der Waals surface area contributed by atoms with E-state index in [1.54, 1.807) is 0 Å². The van der Waals surface area contributed by atoms with Crippen molar-refractivity contribution in [2.24, 2.45) is 17.8 Å². The van der Waals surface area contributed by atoms with Crippen LogP contribution in [-0.2, 0) is 6.18 Å². The van der Waals surface area contributed by atoms with Gasteiger partial charge in [-0.05, 0) is 24.0 Å². The number of carbonyl (C=O) groups is 1. The number of ketones is 1. The predicted molar refractivity (Wildman–Crippen MR) is 68.9 cm³/mol.